The summed E-state index contributed by atoms with van der Waals surface area (Å²) in [5.41, 5.74) is -0.940. The Kier molecular flexibility index (Phi) is 3.59. The lowest BCUT2D eigenvalue weighted by Gasteiger charge is -2.21. The van der Waals surface area contributed by atoms with Crippen molar-refractivity contribution in [2.24, 2.45) is 0 Å². The quantitative estimate of drug-likeness (QED) is 0.646. The number of hydrogen-bond donors (Lipinski definition) is 1. The summed E-state index contributed by atoms with van der Waals surface area (Å²) in [7, 11) is 0. The number of imide groups is 1. The third kappa shape index (κ3) is 2.24. The number of anilines is 1. The number of amides is 3. The number of hydrogen-bond acceptors (Lipinski definition) is 3. The zero-order chi connectivity index (χ0) is 18.6. The van der Waals surface area contributed by atoms with Gasteiger partial charge >= 0.3 is 0 Å². The highest BCUT2D eigenvalue weighted by atomic mass is 35.5. The predicted molar refractivity (Wildman–Crippen MR) is 88.4 cm³/mol. The predicted octanol–water partition coefficient (Wildman–Crippen LogP) is 2.45. The Morgan fingerprint density at radius 2 is 1.88 bits per heavy atom. The molecule has 5 nitrogen and oxygen atoms in total. The molecule has 2 aromatic rings. The van der Waals surface area contributed by atoms with Gasteiger partial charge in [-0.2, -0.15) is 0 Å². The summed E-state index contributed by atoms with van der Waals surface area (Å²) in [6.45, 7) is -0.206. The SMILES string of the molecule is O=C1CC2(C(=O)N1)C(=O)N(Cc1ccc(F)cc1F)c1ccc(Cl)cc12. The van der Waals surface area contributed by atoms with Crippen molar-refractivity contribution in [2.75, 3.05) is 4.90 Å². The fraction of sp³-hybridized carbons (Fsp3) is 0.167. The van der Waals surface area contributed by atoms with Crippen molar-refractivity contribution < 1.29 is 23.2 Å². The van der Waals surface area contributed by atoms with E-state index in [0.717, 1.165) is 12.1 Å². The lowest BCUT2D eigenvalue weighted by molar-refractivity contribution is -0.133. The van der Waals surface area contributed by atoms with Crippen LogP contribution in [-0.4, -0.2) is 17.7 Å². The number of carbonyl (C=O) groups is 3. The van der Waals surface area contributed by atoms with Gasteiger partial charge in [-0.1, -0.05) is 17.7 Å². The second-order valence-electron chi connectivity index (χ2n) is 6.25. The van der Waals surface area contributed by atoms with E-state index in [1.54, 1.807) is 6.07 Å². The minimum absolute atomic E-state index is 0.0856. The molecule has 1 spiro atoms. The van der Waals surface area contributed by atoms with Crippen molar-refractivity contribution in [2.45, 2.75) is 18.4 Å². The molecule has 1 saturated heterocycles. The molecule has 1 unspecified atom stereocenters. The van der Waals surface area contributed by atoms with Gasteiger partial charge in [-0.05, 0) is 24.3 Å². The number of benzene rings is 2. The molecule has 2 heterocycles. The van der Waals surface area contributed by atoms with E-state index in [1.165, 1.54) is 23.1 Å². The summed E-state index contributed by atoms with van der Waals surface area (Å²) >= 11 is 6.02. The van der Waals surface area contributed by atoms with Gasteiger partial charge in [0.2, 0.25) is 17.7 Å². The zero-order valence-electron chi connectivity index (χ0n) is 13.2. The van der Waals surface area contributed by atoms with E-state index < -0.39 is 34.8 Å². The molecule has 1 atom stereocenters. The van der Waals surface area contributed by atoms with Gasteiger partial charge in [0.25, 0.3) is 0 Å². The van der Waals surface area contributed by atoms with Crippen LogP contribution >= 0.6 is 11.6 Å². The molecule has 0 aromatic heterocycles. The Bertz CT molecular complexity index is 994. The van der Waals surface area contributed by atoms with Gasteiger partial charge in [0.1, 0.15) is 11.6 Å². The van der Waals surface area contributed by atoms with E-state index in [-0.39, 0.29) is 18.5 Å². The van der Waals surface area contributed by atoms with Crippen molar-refractivity contribution in [1.29, 1.82) is 0 Å². The molecule has 4 rings (SSSR count). The Morgan fingerprint density at radius 1 is 1.12 bits per heavy atom. The molecule has 3 amide bonds. The molecule has 0 saturated carbocycles. The molecule has 0 bridgehead atoms. The van der Waals surface area contributed by atoms with E-state index >= 15 is 0 Å². The molecule has 132 valence electrons. The molecule has 0 aliphatic carbocycles. The standard InChI is InChI=1S/C18H11ClF2N2O3/c19-10-2-4-14-12(5-10)18(7-15(24)22-16(18)25)17(26)23(14)8-9-1-3-11(20)6-13(9)21/h1-6H,7-8H2,(H,22,24,25). The van der Waals surface area contributed by atoms with Gasteiger partial charge < -0.3 is 4.90 Å². The smallest absolute Gasteiger partial charge is 0.248 e. The monoisotopic (exact) mass is 376 g/mol. The molecule has 0 radical (unpaired) electrons. The van der Waals surface area contributed by atoms with Gasteiger partial charge in [0.15, 0.2) is 5.41 Å². The number of nitrogens with one attached hydrogen (secondary N) is 1. The van der Waals surface area contributed by atoms with Crippen molar-refractivity contribution in [3.8, 4) is 0 Å². The van der Waals surface area contributed by atoms with Crippen molar-refractivity contribution in [3.05, 3.63) is 64.2 Å². The Labute approximate surface area is 151 Å². The number of nitrogens with zero attached hydrogens (tertiary/aromatic N) is 1. The lowest BCUT2D eigenvalue weighted by Crippen LogP contribution is -2.45. The molecule has 2 aromatic carbocycles. The highest BCUT2D eigenvalue weighted by molar-refractivity contribution is 6.32. The van der Waals surface area contributed by atoms with Gasteiger partial charge in [-0.15, -0.1) is 0 Å². The average Bonchev–Trinajstić information content (AvgIpc) is 2.99. The Balaban J connectivity index is 1.84. The van der Waals surface area contributed by atoms with Gasteiger partial charge in [-0.25, -0.2) is 8.78 Å². The van der Waals surface area contributed by atoms with Crippen LogP contribution in [0.15, 0.2) is 36.4 Å². The largest absolute Gasteiger partial charge is 0.306 e. The van der Waals surface area contributed by atoms with Crippen molar-refractivity contribution >= 4 is 35.0 Å². The van der Waals surface area contributed by atoms with Crippen LogP contribution in [0.5, 0.6) is 0 Å². The van der Waals surface area contributed by atoms with E-state index in [2.05, 4.69) is 5.32 Å². The van der Waals surface area contributed by atoms with Crippen LogP contribution in [0.1, 0.15) is 17.5 Å². The molecule has 2 aliphatic heterocycles. The maximum Gasteiger partial charge on any atom is 0.248 e. The first-order valence-corrected chi connectivity index (χ1v) is 8.11. The fourth-order valence-corrected chi connectivity index (χ4v) is 3.68. The van der Waals surface area contributed by atoms with Crippen LogP contribution in [0, 0.1) is 11.6 Å². The van der Waals surface area contributed by atoms with Crippen molar-refractivity contribution in [3.63, 3.8) is 0 Å². The fourth-order valence-electron chi connectivity index (χ4n) is 3.51. The van der Waals surface area contributed by atoms with Crippen LogP contribution in [0.25, 0.3) is 0 Å². The zero-order valence-corrected chi connectivity index (χ0v) is 13.9. The van der Waals surface area contributed by atoms with E-state index in [0.29, 0.717) is 16.3 Å². The summed E-state index contributed by atoms with van der Waals surface area (Å²) in [5, 5.41) is 2.46. The topological polar surface area (TPSA) is 66.5 Å². The summed E-state index contributed by atoms with van der Waals surface area (Å²) in [6.07, 6.45) is -0.333. The number of halogens is 3. The molecular weight excluding hydrogens is 366 g/mol. The molecule has 1 N–H and O–H groups in total. The lowest BCUT2D eigenvalue weighted by atomic mass is 9.80. The summed E-state index contributed by atoms with van der Waals surface area (Å²) in [4.78, 5) is 38.6. The van der Waals surface area contributed by atoms with Crippen LogP contribution < -0.4 is 10.2 Å². The van der Waals surface area contributed by atoms with Gasteiger partial charge in [0.05, 0.1) is 13.0 Å². The van der Waals surface area contributed by atoms with Crippen LogP contribution in [0.4, 0.5) is 14.5 Å². The molecule has 26 heavy (non-hydrogen) atoms. The first-order chi connectivity index (χ1) is 12.3. The van der Waals surface area contributed by atoms with E-state index in [1.807, 2.05) is 0 Å². The Hall–Kier alpha value is -2.80. The maximum absolute atomic E-state index is 14.0. The van der Waals surface area contributed by atoms with Crippen LogP contribution in [0.3, 0.4) is 0 Å². The minimum atomic E-state index is -1.70. The summed E-state index contributed by atoms with van der Waals surface area (Å²) < 4.78 is 27.2. The van der Waals surface area contributed by atoms with Crippen LogP contribution in [0.2, 0.25) is 5.02 Å². The molecule has 8 heteroatoms. The first kappa shape index (κ1) is 16.7. The van der Waals surface area contributed by atoms with Crippen LogP contribution in [-0.2, 0) is 26.3 Å². The third-order valence-corrected chi connectivity index (χ3v) is 4.96. The summed E-state index contributed by atoms with van der Waals surface area (Å²) in [6, 6.07) is 7.59. The number of fused-ring (bicyclic) bond motifs is 2. The molecule has 2 aliphatic rings. The highest BCUT2D eigenvalue weighted by Gasteiger charge is 2.61. The second-order valence-corrected chi connectivity index (χ2v) is 6.68. The average molecular weight is 377 g/mol. The van der Waals surface area contributed by atoms with E-state index in [9.17, 15) is 23.2 Å². The number of rotatable bonds is 2. The third-order valence-electron chi connectivity index (χ3n) is 4.73. The summed E-state index contributed by atoms with van der Waals surface area (Å²) in [5.74, 6) is -3.46. The second kappa shape index (κ2) is 5.60. The Morgan fingerprint density at radius 3 is 2.54 bits per heavy atom. The number of carbonyl (C=O) groups excluding carboxylic acids is 3. The molecule has 1 fully saturated rings. The minimum Gasteiger partial charge on any atom is -0.306 e. The van der Waals surface area contributed by atoms with Gasteiger partial charge in [-0.3, -0.25) is 19.7 Å². The van der Waals surface area contributed by atoms with Crippen molar-refractivity contribution in [1.82, 2.24) is 5.32 Å². The first-order valence-electron chi connectivity index (χ1n) is 7.73. The highest BCUT2D eigenvalue weighted by Crippen LogP contribution is 2.47. The maximum atomic E-state index is 14.0. The van der Waals surface area contributed by atoms with E-state index in [4.69, 9.17) is 11.6 Å². The normalized spacial score (nSPS) is 21.5. The van der Waals surface area contributed by atoms with Gasteiger partial charge in [0, 0.05) is 27.9 Å². The molecular formula is C18H11ClF2N2O3.